The van der Waals surface area contributed by atoms with Gasteiger partial charge in [0, 0.05) is 25.3 Å². The van der Waals surface area contributed by atoms with Gasteiger partial charge in [0.05, 0.1) is 11.9 Å². The predicted octanol–water partition coefficient (Wildman–Crippen LogP) is 3.49. The summed E-state index contributed by atoms with van der Waals surface area (Å²) in [5.74, 6) is -0.190. The van der Waals surface area contributed by atoms with E-state index in [0.29, 0.717) is 12.2 Å². The predicted molar refractivity (Wildman–Crippen MR) is 122 cm³/mol. The molecule has 0 bridgehead atoms. The minimum atomic E-state index is -3.60. The Hall–Kier alpha value is -2.54. The van der Waals surface area contributed by atoms with Gasteiger partial charge in [-0.3, -0.25) is 9.10 Å². The van der Waals surface area contributed by atoms with E-state index in [1.807, 2.05) is 38.1 Å². The first kappa shape index (κ1) is 22.2. The second-order valence-corrected chi connectivity index (χ2v) is 10.0. The van der Waals surface area contributed by atoms with Gasteiger partial charge in [0.2, 0.25) is 15.9 Å². The lowest BCUT2D eigenvalue weighted by molar-refractivity contribution is -0.119. The van der Waals surface area contributed by atoms with Crippen molar-refractivity contribution in [1.29, 1.82) is 0 Å². The molecule has 1 aliphatic heterocycles. The third-order valence-electron chi connectivity index (χ3n) is 5.41. The Labute approximate surface area is 179 Å². The molecule has 2 aromatic rings. The van der Waals surface area contributed by atoms with Crippen LogP contribution in [0.4, 0.5) is 11.4 Å². The third kappa shape index (κ3) is 5.53. The summed E-state index contributed by atoms with van der Waals surface area (Å²) in [5, 5.41) is 2.85. The highest BCUT2D eigenvalue weighted by Crippen LogP contribution is 2.28. The monoisotopic (exact) mass is 429 g/mol. The number of hydrogen-bond donors (Lipinski definition) is 1. The van der Waals surface area contributed by atoms with E-state index in [1.165, 1.54) is 22.8 Å². The Morgan fingerprint density at radius 2 is 1.70 bits per heavy atom. The largest absolute Gasteiger partial charge is 0.372 e. The Kier molecular flexibility index (Phi) is 7.02. The molecule has 7 heteroatoms. The lowest BCUT2D eigenvalue weighted by atomic mass is 10.0. The van der Waals surface area contributed by atoms with E-state index in [4.69, 9.17) is 0 Å². The van der Waals surface area contributed by atoms with Crippen molar-refractivity contribution in [3.63, 3.8) is 0 Å². The molecule has 1 saturated heterocycles. The Morgan fingerprint density at radius 3 is 2.30 bits per heavy atom. The molecule has 0 aromatic heterocycles. The van der Waals surface area contributed by atoms with E-state index in [0.717, 1.165) is 30.5 Å². The number of amides is 1. The average Bonchev–Trinajstić information content (AvgIpc) is 3.25. The zero-order chi connectivity index (χ0) is 21.7. The maximum atomic E-state index is 12.6. The molecule has 3 rings (SSSR count). The van der Waals surface area contributed by atoms with Gasteiger partial charge in [0.25, 0.3) is 0 Å². The van der Waals surface area contributed by atoms with E-state index in [-0.39, 0.29) is 18.4 Å². The first-order valence-corrected chi connectivity index (χ1v) is 12.3. The first-order valence-electron chi connectivity index (χ1n) is 10.4. The van der Waals surface area contributed by atoms with E-state index < -0.39 is 10.0 Å². The van der Waals surface area contributed by atoms with Crippen molar-refractivity contribution in [3.05, 3.63) is 59.7 Å². The summed E-state index contributed by atoms with van der Waals surface area (Å²) in [4.78, 5) is 14.9. The molecule has 0 spiro atoms. The first-order chi connectivity index (χ1) is 14.3. The second-order valence-electron chi connectivity index (χ2n) is 8.12. The zero-order valence-corrected chi connectivity index (χ0v) is 18.8. The lowest BCUT2D eigenvalue weighted by Gasteiger charge is -2.25. The number of benzene rings is 2. The van der Waals surface area contributed by atoms with Gasteiger partial charge in [-0.2, -0.15) is 0 Å². The molecule has 0 radical (unpaired) electrons. The van der Waals surface area contributed by atoms with Crippen LogP contribution in [0.2, 0.25) is 0 Å². The highest BCUT2D eigenvalue weighted by molar-refractivity contribution is 7.92. The maximum Gasteiger partial charge on any atom is 0.241 e. The molecule has 2 aromatic carbocycles. The molecule has 0 atom stereocenters. The Morgan fingerprint density at radius 1 is 1.07 bits per heavy atom. The summed E-state index contributed by atoms with van der Waals surface area (Å²) in [5.41, 5.74) is 3.64. The molecule has 162 valence electrons. The number of nitrogens with zero attached hydrogens (tertiary/aromatic N) is 2. The summed E-state index contributed by atoms with van der Waals surface area (Å²) >= 11 is 0. The smallest absolute Gasteiger partial charge is 0.241 e. The quantitative estimate of drug-likeness (QED) is 0.697. The van der Waals surface area contributed by atoms with Crippen LogP contribution in [0.5, 0.6) is 0 Å². The fraction of sp³-hybridized carbons (Fsp3) is 0.435. The molecule has 1 aliphatic rings. The van der Waals surface area contributed by atoms with Crippen molar-refractivity contribution < 1.29 is 13.2 Å². The van der Waals surface area contributed by atoms with Crippen molar-refractivity contribution in [1.82, 2.24) is 5.32 Å². The highest BCUT2D eigenvalue weighted by atomic mass is 32.2. The summed E-state index contributed by atoms with van der Waals surface area (Å²) in [6, 6.07) is 15.5. The maximum absolute atomic E-state index is 12.6. The number of rotatable bonds is 8. The van der Waals surface area contributed by atoms with Crippen LogP contribution in [0.15, 0.2) is 48.5 Å². The van der Waals surface area contributed by atoms with Crippen molar-refractivity contribution in [2.75, 3.05) is 35.1 Å². The summed E-state index contributed by atoms with van der Waals surface area (Å²) in [6.07, 6.45) is 3.59. The number of anilines is 2. The number of carbonyl (C=O) groups excluding carboxylic acids is 1. The van der Waals surface area contributed by atoms with E-state index in [2.05, 4.69) is 22.3 Å². The fourth-order valence-corrected chi connectivity index (χ4v) is 4.65. The topological polar surface area (TPSA) is 69.7 Å². The van der Waals surface area contributed by atoms with Gasteiger partial charge in [-0.1, -0.05) is 44.2 Å². The summed E-state index contributed by atoms with van der Waals surface area (Å²) in [7, 11) is -3.60. The second kappa shape index (κ2) is 9.51. The van der Waals surface area contributed by atoms with Crippen molar-refractivity contribution in [3.8, 4) is 0 Å². The Balaban J connectivity index is 1.66. The molecule has 0 aliphatic carbocycles. The number of nitrogens with one attached hydrogen (secondary N) is 1. The normalized spacial score (nSPS) is 14.2. The molecule has 0 saturated carbocycles. The van der Waals surface area contributed by atoms with E-state index in [1.54, 1.807) is 12.1 Å². The number of sulfonamides is 1. The van der Waals surface area contributed by atoms with Crippen LogP contribution < -0.4 is 14.5 Å². The van der Waals surface area contributed by atoms with Crippen LogP contribution in [0.3, 0.4) is 0 Å². The number of carbonyl (C=O) groups is 1. The summed E-state index contributed by atoms with van der Waals surface area (Å²) < 4.78 is 26.0. The minimum Gasteiger partial charge on any atom is -0.372 e. The molecule has 1 heterocycles. The molecule has 1 N–H and O–H groups in total. The average molecular weight is 430 g/mol. The van der Waals surface area contributed by atoms with Gasteiger partial charge in [-0.15, -0.1) is 0 Å². The van der Waals surface area contributed by atoms with Crippen LogP contribution in [-0.4, -0.2) is 40.2 Å². The van der Waals surface area contributed by atoms with Gasteiger partial charge in [-0.05, 0) is 48.1 Å². The molecule has 6 nitrogen and oxygen atoms in total. The molecule has 1 fully saturated rings. The van der Waals surface area contributed by atoms with Crippen LogP contribution in [0, 0.1) is 0 Å². The van der Waals surface area contributed by atoms with E-state index in [9.17, 15) is 13.2 Å². The SMILES string of the molecule is CC(C)c1ccccc1N(CC(=O)NCc1ccc(N2CCCC2)cc1)S(C)(=O)=O. The van der Waals surface area contributed by atoms with Crippen LogP contribution >= 0.6 is 0 Å². The zero-order valence-electron chi connectivity index (χ0n) is 18.0. The van der Waals surface area contributed by atoms with Crippen molar-refractivity contribution in [2.45, 2.75) is 39.2 Å². The number of hydrogen-bond acceptors (Lipinski definition) is 4. The van der Waals surface area contributed by atoms with Crippen molar-refractivity contribution >= 4 is 27.3 Å². The van der Waals surface area contributed by atoms with Gasteiger partial charge >= 0.3 is 0 Å². The Bertz CT molecular complexity index is 965. The van der Waals surface area contributed by atoms with Crippen LogP contribution in [0.25, 0.3) is 0 Å². The minimum absolute atomic E-state index is 0.141. The summed E-state index contributed by atoms with van der Waals surface area (Å²) in [6.45, 7) is 6.32. The molecule has 1 amide bonds. The van der Waals surface area contributed by atoms with Gasteiger partial charge in [0.15, 0.2) is 0 Å². The molecular formula is C23H31N3O3S. The van der Waals surface area contributed by atoms with Crippen LogP contribution in [0.1, 0.15) is 43.7 Å². The van der Waals surface area contributed by atoms with E-state index >= 15 is 0 Å². The third-order valence-corrected chi connectivity index (χ3v) is 6.54. The molecule has 30 heavy (non-hydrogen) atoms. The van der Waals surface area contributed by atoms with Crippen molar-refractivity contribution in [2.24, 2.45) is 0 Å². The fourth-order valence-electron chi connectivity index (χ4n) is 3.77. The number of para-hydroxylation sites is 1. The highest BCUT2D eigenvalue weighted by Gasteiger charge is 2.23. The van der Waals surface area contributed by atoms with Gasteiger partial charge in [-0.25, -0.2) is 8.42 Å². The molecule has 0 unspecified atom stereocenters. The molecular weight excluding hydrogens is 398 g/mol. The van der Waals surface area contributed by atoms with Gasteiger partial charge in [0.1, 0.15) is 6.54 Å². The lowest BCUT2D eigenvalue weighted by Crippen LogP contribution is -2.40. The standard InChI is InChI=1S/C23H31N3O3S/c1-18(2)21-8-4-5-9-22(21)26(30(3,28)29)17-23(27)24-16-19-10-12-20(13-11-19)25-14-6-7-15-25/h4-5,8-13,18H,6-7,14-17H2,1-3H3,(H,24,27). The van der Waals surface area contributed by atoms with Crippen LogP contribution in [-0.2, 0) is 21.4 Å². The van der Waals surface area contributed by atoms with Gasteiger partial charge < -0.3 is 10.2 Å².